The third-order valence-electron chi connectivity index (χ3n) is 2.08. The lowest BCUT2D eigenvalue weighted by atomic mass is 10.2. The first-order valence-corrected chi connectivity index (χ1v) is 3.75. The molecule has 4 heteroatoms. The van der Waals surface area contributed by atoms with Crippen LogP contribution < -0.4 is 5.32 Å². The van der Waals surface area contributed by atoms with Crippen LogP contribution in [0.1, 0.15) is 6.42 Å². The van der Waals surface area contributed by atoms with Crippen molar-refractivity contribution in [2.24, 2.45) is 0 Å². The Morgan fingerprint density at radius 2 is 2.36 bits per heavy atom. The van der Waals surface area contributed by atoms with Crippen LogP contribution >= 0.6 is 0 Å². The van der Waals surface area contributed by atoms with Crippen LogP contribution in [0.25, 0.3) is 0 Å². The molecule has 1 fully saturated rings. The van der Waals surface area contributed by atoms with Crippen LogP contribution in [0.15, 0.2) is 0 Å². The number of rotatable bonds is 1. The maximum Gasteiger partial charge on any atom is 0.237 e. The Morgan fingerprint density at radius 1 is 1.73 bits per heavy atom. The Balaban J connectivity index is 2.52. The van der Waals surface area contributed by atoms with E-state index in [1.165, 1.54) is 0 Å². The third-order valence-corrected chi connectivity index (χ3v) is 2.08. The van der Waals surface area contributed by atoms with Gasteiger partial charge in [-0.15, -0.1) is 0 Å². The van der Waals surface area contributed by atoms with Gasteiger partial charge in [-0.1, -0.05) is 0 Å². The lowest BCUT2D eigenvalue weighted by Gasteiger charge is -2.16. The van der Waals surface area contributed by atoms with E-state index in [-0.39, 0.29) is 18.1 Å². The molecule has 1 heterocycles. The summed E-state index contributed by atoms with van der Waals surface area (Å²) in [6.07, 6.45) is 0.207. The normalized spacial score (nSPS) is 32.3. The number of hydrogen-bond acceptors (Lipinski definition) is 3. The molecule has 0 aliphatic carbocycles. The Hall–Kier alpha value is -0.610. The number of likely N-dealkylation sites (N-methyl/N-ethyl adjacent to an activating group) is 2. The van der Waals surface area contributed by atoms with Gasteiger partial charge in [0.15, 0.2) is 0 Å². The molecule has 0 bridgehead atoms. The van der Waals surface area contributed by atoms with E-state index in [0.717, 1.165) is 0 Å². The molecule has 2 atom stereocenters. The zero-order valence-electron chi connectivity index (χ0n) is 6.87. The molecule has 1 rings (SSSR count). The largest absolute Gasteiger partial charge is 0.392 e. The zero-order valence-corrected chi connectivity index (χ0v) is 6.87. The van der Waals surface area contributed by atoms with Gasteiger partial charge >= 0.3 is 0 Å². The summed E-state index contributed by atoms with van der Waals surface area (Å²) < 4.78 is 0. The summed E-state index contributed by atoms with van der Waals surface area (Å²) in [6, 6.07) is -0.144. The van der Waals surface area contributed by atoms with Crippen molar-refractivity contribution in [1.29, 1.82) is 0 Å². The minimum Gasteiger partial charge on any atom is -0.392 e. The van der Waals surface area contributed by atoms with Crippen LogP contribution in [-0.4, -0.2) is 48.7 Å². The molecular formula is C7H14N2O2. The number of nitrogens with one attached hydrogen (secondary N) is 1. The third kappa shape index (κ3) is 1.70. The summed E-state index contributed by atoms with van der Waals surface area (Å²) in [5.41, 5.74) is 0. The molecule has 0 aromatic heterocycles. The fourth-order valence-corrected chi connectivity index (χ4v) is 1.45. The number of β-amino-alcohol motifs (C(OH)–C–C–N with tert-alkyl or cyclic N) is 1. The number of aliphatic hydroxyl groups is 1. The quantitative estimate of drug-likeness (QED) is 0.504. The second kappa shape index (κ2) is 3.19. The van der Waals surface area contributed by atoms with Crippen molar-refractivity contribution in [3.63, 3.8) is 0 Å². The molecule has 2 N–H and O–H groups in total. The standard InChI is InChI=1S/C7H14N2O2/c1-8-7(11)6-3-5(10)4-9(6)2/h5-6,10H,3-4H2,1-2H3,(H,8,11)/t5-,6-/m1/s1. The lowest BCUT2D eigenvalue weighted by Crippen LogP contribution is -2.39. The van der Waals surface area contributed by atoms with E-state index in [1.54, 1.807) is 7.05 Å². The predicted molar refractivity (Wildman–Crippen MR) is 41.1 cm³/mol. The number of aliphatic hydroxyl groups excluding tert-OH is 1. The van der Waals surface area contributed by atoms with Gasteiger partial charge in [0.2, 0.25) is 5.91 Å². The van der Waals surface area contributed by atoms with Crippen LogP contribution in [0.5, 0.6) is 0 Å². The maximum atomic E-state index is 11.1. The van der Waals surface area contributed by atoms with Crippen molar-refractivity contribution in [3.8, 4) is 0 Å². The van der Waals surface area contributed by atoms with Crippen molar-refractivity contribution in [2.75, 3.05) is 20.6 Å². The lowest BCUT2D eigenvalue weighted by molar-refractivity contribution is -0.124. The zero-order chi connectivity index (χ0) is 8.43. The number of carbonyl (C=O) groups excluding carboxylic acids is 1. The predicted octanol–water partition coefficient (Wildman–Crippen LogP) is -1.20. The Morgan fingerprint density at radius 3 is 2.73 bits per heavy atom. The van der Waals surface area contributed by atoms with Gasteiger partial charge in [0.25, 0.3) is 0 Å². The molecule has 0 aromatic carbocycles. The first-order valence-electron chi connectivity index (χ1n) is 3.75. The summed E-state index contributed by atoms with van der Waals surface area (Å²) in [6.45, 7) is 0.595. The van der Waals surface area contributed by atoms with E-state index in [1.807, 2.05) is 11.9 Å². The van der Waals surface area contributed by atoms with E-state index < -0.39 is 0 Å². The molecule has 0 unspecified atom stereocenters. The van der Waals surface area contributed by atoms with E-state index in [4.69, 9.17) is 0 Å². The van der Waals surface area contributed by atoms with E-state index >= 15 is 0 Å². The van der Waals surface area contributed by atoms with Gasteiger partial charge in [-0.3, -0.25) is 9.69 Å². The van der Waals surface area contributed by atoms with Gasteiger partial charge in [-0.2, -0.15) is 0 Å². The topological polar surface area (TPSA) is 52.6 Å². The van der Waals surface area contributed by atoms with Crippen LogP contribution in [0.4, 0.5) is 0 Å². The Bertz CT molecular complexity index is 161. The van der Waals surface area contributed by atoms with Crippen LogP contribution in [-0.2, 0) is 4.79 Å². The summed E-state index contributed by atoms with van der Waals surface area (Å²) in [7, 11) is 3.46. The van der Waals surface area contributed by atoms with E-state index in [0.29, 0.717) is 13.0 Å². The summed E-state index contributed by atoms with van der Waals surface area (Å²) in [5.74, 6) is -0.0101. The van der Waals surface area contributed by atoms with E-state index in [9.17, 15) is 9.90 Å². The average Bonchev–Trinajstić information content (AvgIpc) is 2.28. The molecule has 0 saturated carbocycles. The Kier molecular flexibility index (Phi) is 2.46. The second-order valence-corrected chi connectivity index (χ2v) is 2.96. The van der Waals surface area contributed by atoms with Crippen LogP contribution in [0.3, 0.4) is 0 Å². The molecule has 64 valence electrons. The highest BCUT2D eigenvalue weighted by Gasteiger charge is 2.32. The van der Waals surface area contributed by atoms with Crippen molar-refractivity contribution in [2.45, 2.75) is 18.6 Å². The highest BCUT2D eigenvalue weighted by molar-refractivity contribution is 5.81. The molecule has 1 aliphatic rings. The second-order valence-electron chi connectivity index (χ2n) is 2.96. The minimum atomic E-state index is -0.345. The maximum absolute atomic E-state index is 11.1. The molecule has 1 saturated heterocycles. The molecule has 0 aromatic rings. The van der Waals surface area contributed by atoms with Crippen molar-refractivity contribution >= 4 is 5.91 Å². The molecule has 1 aliphatic heterocycles. The highest BCUT2D eigenvalue weighted by atomic mass is 16.3. The fraction of sp³-hybridized carbons (Fsp3) is 0.857. The van der Waals surface area contributed by atoms with Gasteiger partial charge in [-0.25, -0.2) is 0 Å². The SMILES string of the molecule is CNC(=O)[C@H]1C[C@@H](O)CN1C. The van der Waals surface area contributed by atoms with Crippen LogP contribution in [0, 0.1) is 0 Å². The Labute approximate surface area is 66.2 Å². The van der Waals surface area contributed by atoms with Gasteiger partial charge in [-0.05, 0) is 13.5 Å². The number of nitrogens with zero attached hydrogens (tertiary/aromatic N) is 1. The molecule has 0 radical (unpaired) electrons. The highest BCUT2D eigenvalue weighted by Crippen LogP contribution is 2.14. The van der Waals surface area contributed by atoms with Gasteiger partial charge in [0.1, 0.15) is 0 Å². The average molecular weight is 158 g/mol. The number of amides is 1. The molecule has 1 amide bonds. The van der Waals surface area contributed by atoms with E-state index in [2.05, 4.69) is 5.32 Å². The molecule has 4 nitrogen and oxygen atoms in total. The van der Waals surface area contributed by atoms with Gasteiger partial charge < -0.3 is 10.4 Å². The summed E-state index contributed by atoms with van der Waals surface area (Å²) >= 11 is 0. The van der Waals surface area contributed by atoms with Crippen molar-refractivity contribution in [3.05, 3.63) is 0 Å². The monoisotopic (exact) mass is 158 g/mol. The summed E-state index contributed by atoms with van der Waals surface area (Å²) in [5, 5.41) is 11.8. The molecule has 0 spiro atoms. The summed E-state index contributed by atoms with van der Waals surface area (Å²) in [4.78, 5) is 13.0. The van der Waals surface area contributed by atoms with Crippen LogP contribution in [0.2, 0.25) is 0 Å². The number of carbonyl (C=O) groups is 1. The first-order chi connectivity index (χ1) is 5.15. The minimum absolute atomic E-state index is 0.0101. The first kappa shape index (κ1) is 8.49. The van der Waals surface area contributed by atoms with Gasteiger partial charge in [0.05, 0.1) is 12.1 Å². The smallest absolute Gasteiger partial charge is 0.237 e. The number of likely N-dealkylation sites (tertiary alicyclic amines) is 1. The molecule has 11 heavy (non-hydrogen) atoms. The van der Waals surface area contributed by atoms with Gasteiger partial charge in [0, 0.05) is 13.6 Å². The fourth-order valence-electron chi connectivity index (χ4n) is 1.45. The molecular weight excluding hydrogens is 144 g/mol. The van der Waals surface area contributed by atoms with Crippen molar-refractivity contribution in [1.82, 2.24) is 10.2 Å². The number of hydrogen-bond donors (Lipinski definition) is 2. The van der Waals surface area contributed by atoms with Crippen molar-refractivity contribution < 1.29 is 9.90 Å².